The van der Waals surface area contributed by atoms with Crippen LogP contribution in [0.25, 0.3) is 0 Å². The molecule has 0 amide bonds. The van der Waals surface area contributed by atoms with Crippen molar-refractivity contribution in [1.82, 2.24) is 0 Å². The summed E-state index contributed by atoms with van der Waals surface area (Å²) in [7, 11) is 0. The van der Waals surface area contributed by atoms with Crippen LogP contribution < -0.4 is 0 Å². The van der Waals surface area contributed by atoms with Gasteiger partial charge in [-0.25, -0.2) is 8.78 Å². The lowest BCUT2D eigenvalue weighted by Gasteiger charge is -2.39. The lowest BCUT2D eigenvalue weighted by atomic mass is 9.80. The fraction of sp³-hybridized carbons (Fsp3) is 0.571. The van der Waals surface area contributed by atoms with Gasteiger partial charge in [-0.05, 0) is 32.4 Å². The van der Waals surface area contributed by atoms with E-state index in [2.05, 4.69) is 0 Å². The van der Waals surface area contributed by atoms with E-state index in [9.17, 15) is 13.9 Å². The third-order valence-electron chi connectivity index (χ3n) is 3.46. The van der Waals surface area contributed by atoms with Crippen molar-refractivity contribution < 1.29 is 18.6 Å². The van der Waals surface area contributed by atoms with Gasteiger partial charge in [0.2, 0.25) is 0 Å². The summed E-state index contributed by atoms with van der Waals surface area (Å²) in [6.07, 6.45) is -0.0420. The van der Waals surface area contributed by atoms with E-state index in [1.54, 1.807) is 20.8 Å². The Bertz CT molecular complexity index is 449. The fourth-order valence-electron chi connectivity index (χ4n) is 2.81. The zero-order chi connectivity index (χ0) is 13.5. The molecule has 2 unspecified atom stereocenters. The van der Waals surface area contributed by atoms with E-state index in [0.29, 0.717) is 5.56 Å². The molecule has 0 saturated carbocycles. The average molecular weight is 256 g/mol. The summed E-state index contributed by atoms with van der Waals surface area (Å²) < 4.78 is 33.5. The van der Waals surface area contributed by atoms with E-state index in [0.717, 1.165) is 0 Å². The molecule has 1 aliphatic heterocycles. The number of aliphatic hydroxyl groups is 1. The Kier molecular flexibility index (Phi) is 3.43. The van der Waals surface area contributed by atoms with Crippen LogP contribution in [0.15, 0.2) is 12.1 Å². The number of hydrogen-bond donors (Lipinski definition) is 1. The first kappa shape index (κ1) is 13.4. The maximum absolute atomic E-state index is 14.1. The second-order valence-electron chi connectivity index (χ2n) is 5.25. The van der Waals surface area contributed by atoms with E-state index in [4.69, 9.17) is 4.74 Å². The van der Waals surface area contributed by atoms with Crippen molar-refractivity contribution in [3.8, 4) is 0 Å². The highest BCUT2D eigenvalue weighted by molar-refractivity contribution is 5.32. The molecule has 0 aliphatic carbocycles. The summed E-state index contributed by atoms with van der Waals surface area (Å²) >= 11 is 0. The maximum Gasteiger partial charge on any atom is 0.135 e. The van der Waals surface area contributed by atoms with Crippen molar-refractivity contribution in [2.24, 2.45) is 0 Å². The van der Waals surface area contributed by atoms with Crippen LogP contribution in [0.5, 0.6) is 0 Å². The molecule has 1 aliphatic rings. The second-order valence-corrected chi connectivity index (χ2v) is 5.25. The smallest absolute Gasteiger partial charge is 0.135 e. The minimum absolute atomic E-state index is 0.203. The van der Waals surface area contributed by atoms with Gasteiger partial charge >= 0.3 is 0 Å². The Morgan fingerprint density at radius 3 is 2.33 bits per heavy atom. The molecule has 4 heteroatoms. The Morgan fingerprint density at radius 1 is 1.22 bits per heavy atom. The number of aryl methyl sites for hydroxylation is 1. The van der Waals surface area contributed by atoms with Crippen LogP contribution in [-0.2, 0) is 10.3 Å². The van der Waals surface area contributed by atoms with Crippen molar-refractivity contribution in [1.29, 1.82) is 0 Å². The molecule has 2 nitrogen and oxygen atoms in total. The van der Waals surface area contributed by atoms with Gasteiger partial charge in [-0.3, -0.25) is 0 Å². The van der Waals surface area contributed by atoms with Gasteiger partial charge in [0.25, 0.3) is 0 Å². The predicted octanol–water partition coefficient (Wildman–Crippen LogP) is 3.05. The molecule has 18 heavy (non-hydrogen) atoms. The topological polar surface area (TPSA) is 29.5 Å². The van der Waals surface area contributed by atoms with E-state index < -0.39 is 17.2 Å². The van der Waals surface area contributed by atoms with Crippen LogP contribution in [0.3, 0.4) is 0 Å². The monoisotopic (exact) mass is 256 g/mol. The first-order valence-corrected chi connectivity index (χ1v) is 6.16. The minimum Gasteiger partial charge on any atom is -0.385 e. The van der Waals surface area contributed by atoms with Crippen LogP contribution in [0.2, 0.25) is 0 Å². The molecule has 0 spiro atoms. The van der Waals surface area contributed by atoms with Crippen LogP contribution >= 0.6 is 0 Å². The zero-order valence-corrected chi connectivity index (χ0v) is 10.8. The summed E-state index contributed by atoms with van der Waals surface area (Å²) in [5.41, 5.74) is -1.37. The predicted molar refractivity (Wildman–Crippen MR) is 64.2 cm³/mol. The summed E-state index contributed by atoms with van der Waals surface area (Å²) in [5.74, 6) is -1.35. The van der Waals surface area contributed by atoms with Gasteiger partial charge < -0.3 is 9.84 Å². The summed E-state index contributed by atoms with van der Waals surface area (Å²) in [5, 5.41) is 10.6. The number of benzene rings is 1. The molecule has 0 radical (unpaired) electrons. The lowest BCUT2D eigenvalue weighted by molar-refractivity contribution is -0.138. The normalized spacial score (nSPS) is 32.6. The summed E-state index contributed by atoms with van der Waals surface area (Å²) in [6.45, 7) is 5.16. The largest absolute Gasteiger partial charge is 0.385 e. The standard InChI is InChI=1S/C14H18F2O2/c1-8-4-5-11(15)12(13(8)16)14(17)6-9(2)18-10(3)7-14/h4-5,9-10,17H,6-7H2,1-3H3. The summed E-state index contributed by atoms with van der Waals surface area (Å²) in [6, 6.07) is 2.58. The number of ether oxygens (including phenoxy) is 1. The molecule has 0 bridgehead atoms. The van der Waals surface area contributed by atoms with Crippen LogP contribution in [0.1, 0.15) is 37.8 Å². The first-order valence-electron chi connectivity index (χ1n) is 6.16. The van der Waals surface area contributed by atoms with Crippen molar-refractivity contribution in [3.05, 3.63) is 34.9 Å². The molecule has 1 heterocycles. The highest BCUT2D eigenvalue weighted by atomic mass is 19.1. The molecule has 0 aromatic heterocycles. The van der Waals surface area contributed by atoms with E-state index in [-0.39, 0.29) is 30.6 Å². The van der Waals surface area contributed by atoms with Gasteiger partial charge in [0.05, 0.1) is 17.8 Å². The lowest BCUT2D eigenvalue weighted by Crippen LogP contribution is -2.42. The average Bonchev–Trinajstić information content (AvgIpc) is 2.21. The molecule has 1 aromatic rings. The van der Waals surface area contributed by atoms with Gasteiger partial charge in [0.15, 0.2) is 0 Å². The van der Waals surface area contributed by atoms with Crippen molar-refractivity contribution in [3.63, 3.8) is 0 Å². The van der Waals surface area contributed by atoms with Crippen molar-refractivity contribution in [2.45, 2.75) is 51.4 Å². The molecular formula is C14H18F2O2. The number of halogens is 2. The van der Waals surface area contributed by atoms with Crippen molar-refractivity contribution >= 4 is 0 Å². The quantitative estimate of drug-likeness (QED) is 0.836. The summed E-state index contributed by atoms with van der Waals surface area (Å²) in [4.78, 5) is 0. The van der Waals surface area contributed by atoms with Gasteiger partial charge in [0, 0.05) is 12.8 Å². The third-order valence-corrected chi connectivity index (χ3v) is 3.46. The minimum atomic E-state index is -1.49. The van der Waals surface area contributed by atoms with E-state index in [1.807, 2.05) is 0 Å². The number of rotatable bonds is 1. The molecular weight excluding hydrogens is 238 g/mol. The SMILES string of the molecule is Cc1ccc(F)c(C2(O)CC(C)OC(C)C2)c1F. The maximum atomic E-state index is 14.1. The second kappa shape index (κ2) is 4.59. The Labute approximate surface area is 106 Å². The van der Waals surface area contributed by atoms with Gasteiger partial charge in [-0.1, -0.05) is 6.07 Å². The van der Waals surface area contributed by atoms with Gasteiger partial charge in [0.1, 0.15) is 17.2 Å². The Balaban J connectivity index is 2.50. The van der Waals surface area contributed by atoms with Crippen LogP contribution in [0.4, 0.5) is 8.78 Å². The van der Waals surface area contributed by atoms with Crippen LogP contribution in [-0.4, -0.2) is 17.3 Å². The van der Waals surface area contributed by atoms with Crippen LogP contribution in [0, 0.1) is 18.6 Å². The highest BCUT2D eigenvalue weighted by Crippen LogP contribution is 2.40. The first-order chi connectivity index (χ1) is 8.33. The highest BCUT2D eigenvalue weighted by Gasteiger charge is 2.42. The molecule has 2 atom stereocenters. The zero-order valence-electron chi connectivity index (χ0n) is 10.8. The van der Waals surface area contributed by atoms with Gasteiger partial charge in [-0.2, -0.15) is 0 Å². The van der Waals surface area contributed by atoms with Crippen molar-refractivity contribution in [2.75, 3.05) is 0 Å². The molecule has 1 saturated heterocycles. The third kappa shape index (κ3) is 2.27. The molecule has 2 rings (SSSR count). The van der Waals surface area contributed by atoms with E-state index >= 15 is 0 Å². The molecule has 1 aromatic carbocycles. The molecule has 1 N–H and O–H groups in total. The Hall–Kier alpha value is -1.00. The molecule has 100 valence electrons. The van der Waals surface area contributed by atoms with E-state index in [1.165, 1.54) is 12.1 Å². The number of hydrogen-bond acceptors (Lipinski definition) is 2. The molecule has 1 fully saturated rings. The fourth-order valence-corrected chi connectivity index (χ4v) is 2.81. The Morgan fingerprint density at radius 2 is 1.78 bits per heavy atom. The van der Waals surface area contributed by atoms with Gasteiger partial charge in [-0.15, -0.1) is 0 Å².